The maximum atomic E-state index is 15.3. The summed E-state index contributed by atoms with van der Waals surface area (Å²) in [6, 6.07) is 9.40. The fourth-order valence-corrected chi connectivity index (χ4v) is 5.46. The van der Waals surface area contributed by atoms with Crippen LogP contribution in [0.4, 0.5) is 19.0 Å². The Kier molecular flexibility index (Phi) is 6.61. The van der Waals surface area contributed by atoms with E-state index in [0.717, 1.165) is 18.2 Å². The Morgan fingerprint density at radius 2 is 1.86 bits per heavy atom. The molecule has 12 heteroatoms. The van der Waals surface area contributed by atoms with Gasteiger partial charge in [0.25, 0.3) is 5.56 Å². The highest BCUT2D eigenvalue weighted by atomic mass is 32.2. The third-order valence-electron chi connectivity index (χ3n) is 6.12. The van der Waals surface area contributed by atoms with Crippen molar-refractivity contribution in [3.8, 4) is 22.6 Å². The van der Waals surface area contributed by atoms with Gasteiger partial charge in [-0.2, -0.15) is 4.31 Å². The zero-order chi connectivity index (χ0) is 26.3. The van der Waals surface area contributed by atoms with Gasteiger partial charge >= 0.3 is 0 Å². The highest BCUT2D eigenvalue weighted by molar-refractivity contribution is 7.84. The molecule has 1 N–H and O–H groups in total. The average molecular weight is 531 g/mol. The van der Waals surface area contributed by atoms with Crippen LogP contribution in [0.25, 0.3) is 16.8 Å². The Balaban J connectivity index is 1.56. The Morgan fingerprint density at radius 1 is 1.11 bits per heavy atom. The first-order chi connectivity index (χ1) is 17.7. The minimum atomic E-state index is -1.64. The predicted octanol–water partition coefficient (Wildman–Crippen LogP) is 4.36. The molecule has 2 unspecified atom stereocenters. The van der Waals surface area contributed by atoms with E-state index in [1.165, 1.54) is 30.1 Å². The molecule has 0 saturated carbocycles. The Hall–Kier alpha value is -3.90. The summed E-state index contributed by atoms with van der Waals surface area (Å²) in [5, 5.41) is 3.71. The highest BCUT2D eigenvalue weighted by Gasteiger charge is 2.31. The SMILES string of the molecule is COc1cc(-c2cc(F)cc(F)c2)c(F)cc1-n1c2c(ccc1=O)CN(S(=O)Nc1ccon1)C(C)C2. The molecule has 0 aliphatic carbocycles. The van der Waals surface area contributed by atoms with Crippen LogP contribution in [0.2, 0.25) is 0 Å². The van der Waals surface area contributed by atoms with Gasteiger partial charge in [0.05, 0.1) is 12.8 Å². The van der Waals surface area contributed by atoms with Crippen molar-refractivity contribution in [3.05, 3.63) is 93.9 Å². The number of anilines is 1. The molecule has 0 saturated heterocycles. The number of nitrogens with one attached hydrogen (secondary N) is 1. The zero-order valence-corrected chi connectivity index (χ0v) is 20.5. The molecule has 3 heterocycles. The second kappa shape index (κ2) is 9.87. The van der Waals surface area contributed by atoms with Crippen molar-refractivity contribution >= 4 is 17.0 Å². The number of hydrogen-bond acceptors (Lipinski definition) is 5. The van der Waals surface area contributed by atoms with E-state index in [1.807, 2.05) is 6.92 Å². The van der Waals surface area contributed by atoms with Crippen LogP contribution in [0, 0.1) is 17.5 Å². The van der Waals surface area contributed by atoms with Crippen molar-refractivity contribution < 1.29 is 26.6 Å². The van der Waals surface area contributed by atoms with E-state index in [9.17, 15) is 17.8 Å². The quantitative estimate of drug-likeness (QED) is 0.400. The number of pyridine rings is 1. The molecule has 0 amide bonds. The van der Waals surface area contributed by atoms with Gasteiger partial charge in [-0.1, -0.05) is 11.2 Å². The first-order valence-electron chi connectivity index (χ1n) is 11.2. The average Bonchev–Trinajstić information content (AvgIpc) is 3.36. The number of ether oxygens (including phenoxy) is 1. The van der Waals surface area contributed by atoms with Crippen molar-refractivity contribution in [1.29, 1.82) is 0 Å². The van der Waals surface area contributed by atoms with Gasteiger partial charge in [0.2, 0.25) is 0 Å². The molecular formula is C25H21F3N4O4S. The van der Waals surface area contributed by atoms with Gasteiger partial charge in [-0.05, 0) is 36.2 Å². The van der Waals surface area contributed by atoms with E-state index in [2.05, 4.69) is 9.88 Å². The molecule has 0 spiro atoms. The van der Waals surface area contributed by atoms with E-state index < -0.39 is 34.2 Å². The number of halogens is 3. The number of aromatic nitrogens is 2. The first-order valence-corrected chi connectivity index (χ1v) is 12.3. The largest absolute Gasteiger partial charge is 0.495 e. The molecule has 1 aliphatic heterocycles. The molecule has 5 rings (SSSR count). The summed E-state index contributed by atoms with van der Waals surface area (Å²) in [7, 11) is 1.36. The minimum Gasteiger partial charge on any atom is -0.495 e. The van der Waals surface area contributed by atoms with Gasteiger partial charge in [-0.3, -0.25) is 14.1 Å². The lowest BCUT2D eigenvalue weighted by Gasteiger charge is -2.34. The van der Waals surface area contributed by atoms with E-state index in [1.54, 1.807) is 16.4 Å². The van der Waals surface area contributed by atoms with Crippen molar-refractivity contribution in [3.63, 3.8) is 0 Å². The van der Waals surface area contributed by atoms with Gasteiger partial charge in [-0.25, -0.2) is 17.4 Å². The third kappa shape index (κ3) is 4.77. The predicted molar refractivity (Wildman–Crippen MR) is 131 cm³/mol. The summed E-state index contributed by atoms with van der Waals surface area (Å²) >= 11 is -1.64. The summed E-state index contributed by atoms with van der Waals surface area (Å²) in [6.07, 6.45) is 1.68. The van der Waals surface area contributed by atoms with Gasteiger partial charge < -0.3 is 9.26 Å². The highest BCUT2D eigenvalue weighted by Crippen LogP contribution is 2.35. The number of nitrogens with zero attached hydrogens (tertiary/aromatic N) is 3. The second-order valence-electron chi connectivity index (χ2n) is 8.51. The standard InChI is InChI=1S/C25H21F3N4O4S/c1-14-7-21-15(13-31(14)37(34)30-24-5-6-36-29-24)3-4-25(33)32(21)22-12-20(28)19(11-23(22)35-2)16-8-17(26)10-18(27)9-16/h3-6,8-12,14H,7,13H2,1-2H3,(H,29,30). The lowest BCUT2D eigenvalue weighted by Crippen LogP contribution is -2.43. The number of rotatable bonds is 6. The molecular weight excluding hydrogens is 509 g/mol. The van der Waals surface area contributed by atoms with E-state index in [0.29, 0.717) is 29.6 Å². The molecule has 4 aromatic rings. The first kappa shape index (κ1) is 24.8. The van der Waals surface area contributed by atoms with Crippen molar-refractivity contribution in [2.45, 2.75) is 25.9 Å². The Labute approximate surface area is 212 Å². The summed E-state index contributed by atoms with van der Waals surface area (Å²) < 4.78 is 71.8. The molecule has 192 valence electrons. The molecule has 0 radical (unpaired) electrons. The Bertz CT molecular complexity index is 1540. The molecule has 8 nitrogen and oxygen atoms in total. The van der Waals surface area contributed by atoms with Crippen molar-refractivity contribution in [2.24, 2.45) is 0 Å². The smallest absolute Gasteiger partial charge is 0.255 e. The normalized spacial score (nSPS) is 16.3. The molecule has 37 heavy (non-hydrogen) atoms. The van der Waals surface area contributed by atoms with Crippen LogP contribution in [-0.2, 0) is 24.1 Å². The maximum Gasteiger partial charge on any atom is 0.255 e. The lowest BCUT2D eigenvalue weighted by atomic mass is 10.00. The van der Waals surface area contributed by atoms with E-state index >= 15 is 4.39 Å². The van der Waals surface area contributed by atoms with Gasteiger partial charge in [0.15, 0.2) is 17.0 Å². The van der Waals surface area contributed by atoms with Crippen LogP contribution < -0.4 is 15.0 Å². The molecule has 0 fully saturated rings. The van der Waals surface area contributed by atoms with E-state index in [-0.39, 0.29) is 35.2 Å². The molecule has 0 bridgehead atoms. The number of hydrogen-bond donors (Lipinski definition) is 1. The van der Waals surface area contributed by atoms with Gasteiger partial charge in [0, 0.05) is 54.5 Å². The summed E-state index contributed by atoms with van der Waals surface area (Å²) in [5.41, 5.74) is 0.969. The maximum absolute atomic E-state index is 15.3. The lowest BCUT2D eigenvalue weighted by molar-refractivity contribution is 0.321. The summed E-state index contributed by atoms with van der Waals surface area (Å²) in [5.74, 6) is -2.02. The number of benzene rings is 2. The number of methoxy groups -OCH3 is 1. The molecule has 2 aromatic carbocycles. The van der Waals surface area contributed by atoms with Crippen LogP contribution in [0.3, 0.4) is 0 Å². The monoisotopic (exact) mass is 530 g/mol. The van der Waals surface area contributed by atoms with Crippen molar-refractivity contribution in [2.75, 3.05) is 11.8 Å². The fraction of sp³-hybridized carbons (Fsp3) is 0.200. The Morgan fingerprint density at radius 3 is 2.54 bits per heavy atom. The fourth-order valence-electron chi connectivity index (χ4n) is 4.40. The minimum absolute atomic E-state index is 0.00589. The van der Waals surface area contributed by atoms with Crippen molar-refractivity contribution in [1.82, 2.24) is 14.0 Å². The third-order valence-corrected chi connectivity index (χ3v) is 7.42. The topological polar surface area (TPSA) is 89.6 Å². The molecule has 2 atom stereocenters. The second-order valence-corrected chi connectivity index (χ2v) is 9.68. The van der Waals surface area contributed by atoms with Crippen LogP contribution in [-0.4, -0.2) is 31.4 Å². The zero-order valence-electron chi connectivity index (χ0n) is 19.7. The molecule has 2 aromatic heterocycles. The van der Waals surface area contributed by atoms with Gasteiger partial charge in [0.1, 0.15) is 29.5 Å². The van der Waals surface area contributed by atoms with E-state index in [4.69, 9.17) is 9.26 Å². The van der Waals surface area contributed by atoms with Gasteiger partial charge in [-0.15, -0.1) is 0 Å². The molecule has 1 aliphatic rings. The van der Waals surface area contributed by atoms with Crippen LogP contribution in [0.5, 0.6) is 5.75 Å². The van der Waals surface area contributed by atoms with Crippen LogP contribution in [0.15, 0.2) is 64.1 Å². The van der Waals surface area contributed by atoms with Crippen LogP contribution in [0.1, 0.15) is 18.2 Å². The van der Waals surface area contributed by atoms with Crippen LogP contribution >= 0.6 is 0 Å². The number of fused-ring (bicyclic) bond motifs is 1. The summed E-state index contributed by atoms with van der Waals surface area (Å²) in [6.45, 7) is 2.09. The summed E-state index contributed by atoms with van der Waals surface area (Å²) in [4.78, 5) is 13.0.